The average Bonchev–Trinajstić information content (AvgIpc) is 2.84. The first-order chi connectivity index (χ1) is 9.61. The lowest BCUT2D eigenvalue weighted by atomic mass is 9.90. The van der Waals surface area contributed by atoms with Crippen LogP contribution in [0.1, 0.15) is 18.4 Å². The van der Waals surface area contributed by atoms with Crippen LogP contribution >= 0.6 is 0 Å². The first-order valence-corrected chi connectivity index (χ1v) is 6.07. The van der Waals surface area contributed by atoms with Gasteiger partial charge in [-0.25, -0.2) is 0 Å². The molecule has 2 heterocycles. The van der Waals surface area contributed by atoms with E-state index in [0.29, 0.717) is 11.5 Å². The van der Waals surface area contributed by atoms with Crippen molar-refractivity contribution in [2.24, 2.45) is 5.73 Å². The Morgan fingerprint density at radius 3 is 2.75 bits per heavy atom. The Balaban J connectivity index is 2.13. The molecule has 0 radical (unpaired) electrons. The number of aromatic amines is 1. The number of ether oxygens (including phenoxy) is 1. The number of fused-ring (bicyclic) bond motifs is 1. The molecule has 1 aromatic heterocycles. The molecule has 4 N–H and O–H groups in total. The number of nitrogens with one attached hydrogen (secondary N) is 1. The van der Waals surface area contributed by atoms with E-state index in [1.165, 1.54) is 0 Å². The molecule has 0 saturated heterocycles. The Morgan fingerprint density at radius 2 is 2.10 bits per heavy atom. The molecule has 0 saturated carbocycles. The van der Waals surface area contributed by atoms with Crippen molar-refractivity contribution >= 4 is 0 Å². The minimum Gasteiger partial charge on any atom is -0.508 e. The predicted molar refractivity (Wildman–Crippen MR) is 71.6 cm³/mol. The number of rotatable bonds is 1. The fraction of sp³-hybridized carbons (Fsp3) is 0.143. The number of benzene rings is 1. The summed E-state index contributed by atoms with van der Waals surface area (Å²) in [5, 5.41) is 25.5. The van der Waals surface area contributed by atoms with Gasteiger partial charge in [0.15, 0.2) is 0 Å². The molecule has 20 heavy (non-hydrogen) atoms. The molecule has 2 aromatic rings. The number of hydrogen-bond donors (Lipinski definition) is 3. The summed E-state index contributed by atoms with van der Waals surface area (Å²) in [6, 6.07) is 8.78. The number of hydrogen-bond acceptors (Lipinski definition) is 5. The standard InChI is InChI=1S/C14H12N4O2/c1-7-10(6-15)13(16)20-14-11(7)12(17-18-14)8-2-4-9(19)5-3-8/h2-5,7,19H,16H2,1H3,(H,17,18)/t7-/m0/s1. The van der Waals surface area contributed by atoms with E-state index >= 15 is 0 Å². The number of allylic oxidation sites excluding steroid dienone is 1. The van der Waals surface area contributed by atoms with Gasteiger partial charge in [0.05, 0.1) is 16.8 Å². The number of phenolic OH excluding ortho intramolecular Hbond substituents is 1. The molecule has 1 atom stereocenters. The summed E-state index contributed by atoms with van der Waals surface area (Å²) in [6.45, 7) is 1.88. The fourth-order valence-electron chi connectivity index (χ4n) is 2.33. The highest BCUT2D eigenvalue weighted by Gasteiger charge is 2.31. The number of nitrogens with two attached hydrogens (primary N) is 1. The van der Waals surface area contributed by atoms with Crippen LogP contribution < -0.4 is 10.5 Å². The molecule has 3 rings (SSSR count). The molecule has 1 aliphatic rings. The third kappa shape index (κ3) is 1.68. The topological polar surface area (TPSA) is 108 Å². The molecular weight excluding hydrogens is 256 g/mol. The zero-order chi connectivity index (χ0) is 14.3. The molecule has 0 aliphatic carbocycles. The first kappa shape index (κ1) is 12.1. The van der Waals surface area contributed by atoms with Gasteiger partial charge in [-0.2, -0.15) is 5.26 Å². The number of phenols is 1. The first-order valence-electron chi connectivity index (χ1n) is 6.07. The number of nitrogens with zero attached hydrogens (tertiary/aromatic N) is 2. The molecule has 6 heteroatoms. The molecule has 100 valence electrons. The summed E-state index contributed by atoms with van der Waals surface area (Å²) in [7, 11) is 0. The number of nitriles is 1. The average molecular weight is 268 g/mol. The van der Waals surface area contributed by atoms with Crippen molar-refractivity contribution in [1.82, 2.24) is 10.2 Å². The Labute approximate surface area is 115 Å². The van der Waals surface area contributed by atoms with E-state index in [4.69, 9.17) is 15.7 Å². The van der Waals surface area contributed by atoms with E-state index in [2.05, 4.69) is 16.3 Å². The molecule has 1 aromatic carbocycles. The van der Waals surface area contributed by atoms with Gasteiger partial charge in [-0.05, 0) is 24.3 Å². The smallest absolute Gasteiger partial charge is 0.244 e. The van der Waals surface area contributed by atoms with Crippen molar-refractivity contribution in [2.75, 3.05) is 0 Å². The largest absolute Gasteiger partial charge is 0.508 e. The molecule has 1 aliphatic heterocycles. The number of aromatic nitrogens is 2. The maximum Gasteiger partial charge on any atom is 0.244 e. The highest BCUT2D eigenvalue weighted by Crippen LogP contribution is 2.41. The van der Waals surface area contributed by atoms with Gasteiger partial charge in [0.1, 0.15) is 11.8 Å². The van der Waals surface area contributed by atoms with Crippen molar-refractivity contribution in [3.05, 3.63) is 41.3 Å². The van der Waals surface area contributed by atoms with Gasteiger partial charge in [0, 0.05) is 11.5 Å². The molecule has 0 spiro atoms. The summed E-state index contributed by atoms with van der Waals surface area (Å²) in [5.74, 6) is 0.466. The molecule has 0 bridgehead atoms. The van der Waals surface area contributed by atoms with E-state index in [1.807, 2.05) is 6.92 Å². The van der Waals surface area contributed by atoms with Gasteiger partial charge in [-0.3, -0.25) is 5.10 Å². The Hall–Kier alpha value is -2.94. The van der Waals surface area contributed by atoms with Crippen LogP contribution in [-0.4, -0.2) is 15.3 Å². The summed E-state index contributed by atoms with van der Waals surface area (Å²) in [6.07, 6.45) is 0. The van der Waals surface area contributed by atoms with Crippen LogP contribution in [-0.2, 0) is 0 Å². The van der Waals surface area contributed by atoms with Gasteiger partial charge in [-0.1, -0.05) is 6.92 Å². The summed E-state index contributed by atoms with van der Waals surface area (Å²) in [5.41, 5.74) is 8.50. The van der Waals surface area contributed by atoms with Gasteiger partial charge in [-0.15, -0.1) is 5.10 Å². The highest BCUT2D eigenvalue weighted by molar-refractivity contribution is 5.69. The van der Waals surface area contributed by atoms with Crippen molar-refractivity contribution in [3.8, 4) is 29.0 Å². The zero-order valence-electron chi connectivity index (χ0n) is 10.7. The van der Waals surface area contributed by atoms with Crippen LogP contribution in [0.3, 0.4) is 0 Å². The molecule has 6 nitrogen and oxygen atoms in total. The minimum atomic E-state index is -0.202. The van der Waals surface area contributed by atoms with Gasteiger partial charge in [0.2, 0.25) is 11.8 Å². The Bertz CT molecular complexity index is 738. The normalized spacial score (nSPS) is 17.3. The third-order valence-corrected chi connectivity index (χ3v) is 3.38. The molecule has 0 fully saturated rings. The minimum absolute atomic E-state index is 0.0938. The Kier molecular flexibility index (Phi) is 2.61. The zero-order valence-corrected chi connectivity index (χ0v) is 10.7. The second kappa shape index (κ2) is 4.31. The number of aromatic hydroxyl groups is 1. The number of H-pyrrole nitrogens is 1. The molecular formula is C14H12N4O2. The lowest BCUT2D eigenvalue weighted by Crippen LogP contribution is -2.18. The van der Waals surface area contributed by atoms with Crippen molar-refractivity contribution in [1.29, 1.82) is 5.26 Å². The van der Waals surface area contributed by atoms with Crippen molar-refractivity contribution in [3.63, 3.8) is 0 Å². The molecule has 0 amide bonds. The van der Waals surface area contributed by atoms with Crippen LogP contribution in [0.4, 0.5) is 0 Å². The van der Waals surface area contributed by atoms with E-state index in [-0.39, 0.29) is 17.6 Å². The van der Waals surface area contributed by atoms with Crippen molar-refractivity contribution < 1.29 is 9.84 Å². The SMILES string of the molecule is C[C@H]1C(C#N)=C(N)Oc2n[nH]c(-c3ccc(O)cc3)c21. The van der Waals surface area contributed by atoms with Crippen LogP contribution in [0.2, 0.25) is 0 Å². The summed E-state index contributed by atoms with van der Waals surface area (Å²) < 4.78 is 5.37. The van der Waals surface area contributed by atoms with Crippen LogP contribution in [0.25, 0.3) is 11.3 Å². The predicted octanol–water partition coefficient (Wildman–Crippen LogP) is 1.97. The quantitative estimate of drug-likeness (QED) is 0.732. The second-order valence-electron chi connectivity index (χ2n) is 4.58. The van der Waals surface area contributed by atoms with Gasteiger partial charge in [0.25, 0.3) is 0 Å². The molecule has 0 unspecified atom stereocenters. The van der Waals surface area contributed by atoms with Crippen molar-refractivity contribution in [2.45, 2.75) is 12.8 Å². The third-order valence-electron chi connectivity index (χ3n) is 3.38. The monoisotopic (exact) mass is 268 g/mol. The van der Waals surface area contributed by atoms with E-state index in [9.17, 15) is 5.11 Å². The van der Waals surface area contributed by atoms with Gasteiger partial charge >= 0.3 is 0 Å². The maximum atomic E-state index is 9.34. The maximum absolute atomic E-state index is 9.34. The lowest BCUT2D eigenvalue weighted by Gasteiger charge is -2.20. The van der Waals surface area contributed by atoms with E-state index in [1.54, 1.807) is 24.3 Å². The summed E-state index contributed by atoms with van der Waals surface area (Å²) >= 11 is 0. The van der Waals surface area contributed by atoms with Crippen LogP contribution in [0.5, 0.6) is 11.6 Å². The van der Waals surface area contributed by atoms with E-state index < -0.39 is 0 Å². The van der Waals surface area contributed by atoms with Crippen LogP contribution in [0.15, 0.2) is 35.7 Å². The van der Waals surface area contributed by atoms with E-state index in [0.717, 1.165) is 16.8 Å². The highest BCUT2D eigenvalue weighted by atomic mass is 16.5. The Morgan fingerprint density at radius 1 is 1.40 bits per heavy atom. The lowest BCUT2D eigenvalue weighted by molar-refractivity contribution is 0.377. The summed E-state index contributed by atoms with van der Waals surface area (Å²) in [4.78, 5) is 0. The second-order valence-corrected chi connectivity index (χ2v) is 4.58. The van der Waals surface area contributed by atoms with Gasteiger partial charge < -0.3 is 15.6 Å². The van der Waals surface area contributed by atoms with Crippen LogP contribution in [0, 0.1) is 11.3 Å². The fourth-order valence-corrected chi connectivity index (χ4v) is 2.33.